The Labute approximate surface area is 102 Å². The number of hydrogen-bond donors (Lipinski definition) is 4. The van der Waals surface area contributed by atoms with Crippen molar-refractivity contribution in [2.24, 2.45) is 0 Å². The molecule has 0 saturated carbocycles. The predicted octanol–water partition coefficient (Wildman–Crippen LogP) is -2.74. The molecule has 17 heavy (non-hydrogen) atoms. The van der Waals surface area contributed by atoms with E-state index in [-0.39, 0.29) is 21.6 Å². The topological polar surface area (TPSA) is 116 Å². The molecule has 1 aliphatic heterocycles. The molecule has 8 heteroatoms. The van der Waals surface area contributed by atoms with E-state index in [4.69, 9.17) is 5.11 Å². The molecule has 1 aromatic heterocycles. The summed E-state index contributed by atoms with van der Waals surface area (Å²) in [5.74, 6) is 0. The minimum atomic E-state index is -1.10. The van der Waals surface area contributed by atoms with Gasteiger partial charge in [-0.2, -0.15) is 0 Å². The van der Waals surface area contributed by atoms with E-state index >= 15 is 0 Å². The van der Waals surface area contributed by atoms with Crippen LogP contribution < -0.4 is 11.2 Å². The fourth-order valence-electron chi connectivity index (χ4n) is 1.74. The van der Waals surface area contributed by atoms with E-state index < -0.39 is 33.2 Å². The van der Waals surface area contributed by atoms with E-state index in [2.05, 4.69) is 4.98 Å². The maximum absolute atomic E-state index is 11.5. The average molecular weight is 307 g/mol. The van der Waals surface area contributed by atoms with E-state index in [1.165, 1.54) is 16.8 Å². The summed E-state index contributed by atoms with van der Waals surface area (Å²) in [4.78, 5) is 23.6. The third kappa shape index (κ3) is 2.22. The molecule has 0 bridgehead atoms. The van der Waals surface area contributed by atoms with Gasteiger partial charge in [0, 0.05) is 0 Å². The first-order valence-electron chi connectivity index (χ1n) is 4.98. The molecule has 4 atom stereocenters. The van der Waals surface area contributed by atoms with Gasteiger partial charge in [0.15, 0.2) is 0 Å². The Morgan fingerprint density at radius 1 is 1.35 bits per heavy atom. The zero-order valence-electron chi connectivity index (χ0n) is 8.68. The first-order valence-corrected chi connectivity index (χ1v) is 6.96. The van der Waals surface area contributed by atoms with Gasteiger partial charge in [0.2, 0.25) is 0 Å². The number of nitrogens with one attached hydrogen (secondary N) is 1. The van der Waals surface area contributed by atoms with Crippen LogP contribution in [0, 0.1) is 0 Å². The van der Waals surface area contributed by atoms with Crippen molar-refractivity contribution < 1.29 is 15.3 Å². The van der Waals surface area contributed by atoms with Crippen molar-refractivity contribution in [2.75, 3.05) is 6.61 Å². The second-order valence-corrected chi connectivity index (χ2v) is 6.60. The van der Waals surface area contributed by atoms with Gasteiger partial charge in [-0.05, 0) is 0 Å². The SMILES string of the molecule is O=c1ccn([C@@H]2[Se][C@H](CO)[C@H](O)C2O)c(=O)[nH]1. The third-order valence-electron chi connectivity index (χ3n) is 2.64. The molecule has 2 heterocycles. The van der Waals surface area contributed by atoms with Crippen LogP contribution in [0.3, 0.4) is 0 Å². The standard InChI is InChI=1S/C9H12N2O5Se/c12-3-4-6(14)7(15)8(17-4)11-2-1-5(13)10-9(11)16/h1-2,4,6-8,12,14-15H,3H2,(H,10,13,16)/t4-,6+,7?,8-/m1/s1. The van der Waals surface area contributed by atoms with Gasteiger partial charge in [-0.3, -0.25) is 0 Å². The summed E-state index contributed by atoms with van der Waals surface area (Å²) in [6.45, 7) is -0.229. The van der Waals surface area contributed by atoms with Gasteiger partial charge in [-0.25, -0.2) is 0 Å². The van der Waals surface area contributed by atoms with Crippen LogP contribution in [-0.4, -0.2) is 58.6 Å². The monoisotopic (exact) mass is 308 g/mol. The van der Waals surface area contributed by atoms with E-state index in [0.29, 0.717) is 0 Å². The van der Waals surface area contributed by atoms with Gasteiger partial charge in [0.1, 0.15) is 0 Å². The molecular formula is C9H12N2O5Se. The molecule has 94 valence electrons. The summed E-state index contributed by atoms with van der Waals surface area (Å²) >= 11 is -0.324. The van der Waals surface area contributed by atoms with Crippen LogP contribution in [0.1, 0.15) is 4.94 Å². The summed E-state index contributed by atoms with van der Waals surface area (Å²) < 4.78 is 1.20. The normalized spacial score (nSPS) is 32.9. The van der Waals surface area contributed by atoms with Crippen LogP contribution in [0.5, 0.6) is 0 Å². The van der Waals surface area contributed by atoms with Gasteiger partial charge >= 0.3 is 102 Å². The van der Waals surface area contributed by atoms with Crippen LogP contribution in [0.15, 0.2) is 21.9 Å². The first-order chi connectivity index (χ1) is 8.04. The molecule has 0 aliphatic carbocycles. The van der Waals surface area contributed by atoms with Crippen LogP contribution in [-0.2, 0) is 0 Å². The van der Waals surface area contributed by atoms with Gasteiger partial charge in [0.05, 0.1) is 0 Å². The summed E-state index contributed by atoms with van der Waals surface area (Å²) in [5.41, 5.74) is -1.13. The maximum atomic E-state index is 11.5. The number of aromatic nitrogens is 2. The third-order valence-corrected chi connectivity index (χ3v) is 5.92. The molecule has 1 saturated heterocycles. The summed E-state index contributed by atoms with van der Waals surface area (Å²) in [6, 6.07) is 1.18. The van der Waals surface area contributed by atoms with Crippen molar-refractivity contribution in [3.05, 3.63) is 33.1 Å². The molecule has 2 rings (SSSR count). The van der Waals surface area contributed by atoms with Crippen LogP contribution >= 0.6 is 0 Å². The van der Waals surface area contributed by atoms with E-state index in [0.717, 1.165) is 0 Å². The van der Waals surface area contributed by atoms with Gasteiger partial charge in [-0.1, -0.05) is 0 Å². The Kier molecular flexibility index (Phi) is 3.50. The molecule has 7 nitrogen and oxygen atoms in total. The van der Waals surface area contributed by atoms with Crippen LogP contribution in [0.4, 0.5) is 0 Å². The first kappa shape index (κ1) is 12.5. The van der Waals surface area contributed by atoms with Crippen LogP contribution in [0.25, 0.3) is 0 Å². The molecule has 1 unspecified atom stereocenters. The van der Waals surface area contributed by atoms with Gasteiger partial charge in [-0.15, -0.1) is 0 Å². The molecule has 1 aliphatic rings. The predicted molar refractivity (Wildman–Crippen MR) is 59.0 cm³/mol. The van der Waals surface area contributed by atoms with E-state index in [1.807, 2.05) is 0 Å². The number of nitrogens with zero attached hydrogens (tertiary/aromatic N) is 1. The molecule has 1 fully saturated rings. The Bertz CT molecular complexity index is 513. The van der Waals surface area contributed by atoms with E-state index in [9.17, 15) is 19.8 Å². The Morgan fingerprint density at radius 2 is 2.06 bits per heavy atom. The zero-order chi connectivity index (χ0) is 12.6. The van der Waals surface area contributed by atoms with Crippen molar-refractivity contribution >= 4 is 15.0 Å². The van der Waals surface area contributed by atoms with Gasteiger partial charge in [0.25, 0.3) is 0 Å². The van der Waals surface area contributed by atoms with Gasteiger partial charge < -0.3 is 0 Å². The van der Waals surface area contributed by atoms with Crippen molar-refractivity contribution in [2.45, 2.75) is 22.0 Å². The molecule has 0 amide bonds. The Morgan fingerprint density at radius 3 is 2.59 bits per heavy atom. The zero-order valence-corrected chi connectivity index (χ0v) is 10.4. The molecular weight excluding hydrogens is 295 g/mol. The number of aliphatic hydroxyl groups is 3. The van der Waals surface area contributed by atoms with Crippen molar-refractivity contribution in [3.8, 4) is 0 Å². The number of rotatable bonds is 2. The number of aromatic amines is 1. The molecule has 4 N–H and O–H groups in total. The Balaban J connectivity index is 2.35. The second-order valence-electron chi connectivity index (χ2n) is 3.75. The molecule has 0 aromatic carbocycles. The van der Waals surface area contributed by atoms with Crippen molar-refractivity contribution in [3.63, 3.8) is 0 Å². The van der Waals surface area contributed by atoms with Crippen molar-refractivity contribution in [1.82, 2.24) is 9.55 Å². The fourth-order valence-corrected chi connectivity index (χ4v) is 4.64. The van der Waals surface area contributed by atoms with Crippen LogP contribution in [0.2, 0.25) is 4.82 Å². The second kappa shape index (κ2) is 4.75. The average Bonchev–Trinajstić information content (AvgIpc) is 2.57. The molecule has 0 spiro atoms. The van der Waals surface area contributed by atoms with E-state index in [1.54, 1.807) is 0 Å². The summed E-state index contributed by atoms with van der Waals surface area (Å²) in [7, 11) is 0. The quantitative estimate of drug-likeness (QED) is 0.442. The number of H-pyrrole nitrogens is 1. The molecule has 0 radical (unpaired) electrons. The summed E-state index contributed by atoms with van der Waals surface area (Å²) in [5, 5.41) is 28.5. The fraction of sp³-hybridized carbons (Fsp3) is 0.556. The number of hydrogen-bond acceptors (Lipinski definition) is 5. The Hall–Kier alpha value is -0.921. The number of aliphatic hydroxyl groups excluding tert-OH is 3. The molecule has 1 aromatic rings. The summed E-state index contributed by atoms with van der Waals surface area (Å²) in [6.07, 6.45) is -0.844. The minimum absolute atomic E-state index is 0.229. The van der Waals surface area contributed by atoms with Crippen molar-refractivity contribution in [1.29, 1.82) is 0 Å².